The zero-order valence-electron chi connectivity index (χ0n) is 11.3. The molecule has 0 radical (unpaired) electrons. The van der Waals surface area contributed by atoms with Gasteiger partial charge in [-0.15, -0.1) is 0 Å². The zero-order valence-corrected chi connectivity index (χ0v) is 11.3. The van der Waals surface area contributed by atoms with Crippen LogP contribution in [0.25, 0.3) is 0 Å². The van der Waals surface area contributed by atoms with Crippen molar-refractivity contribution in [3.8, 4) is 0 Å². The van der Waals surface area contributed by atoms with E-state index in [2.05, 4.69) is 41.1 Å². The topological polar surface area (TPSA) is 26.7 Å². The molecule has 18 heavy (non-hydrogen) atoms. The second-order valence-electron chi connectivity index (χ2n) is 5.34. The van der Waals surface area contributed by atoms with Crippen molar-refractivity contribution in [3.63, 3.8) is 0 Å². The lowest BCUT2D eigenvalue weighted by Crippen LogP contribution is -2.46. The van der Waals surface area contributed by atoms with Crippen molar-refractivity contribution in [3.05, 3.63) is 35.9 Å². The lowest BCUT2D eigenvalue weighted by Gasteiger charge is -2.34. The standard InChI is InChI=1S/C15H24N2O/c1-16-7-9-17(10-8-16)12-15(13-18)11-14-5-3-2-4-6-14/h2-6,15,18H,7-13H2,1H3. The summed E-state index contributed by atoms with van der Waals surface area (Å²) in [5.74, 6) is 0.357. The molecule has 100 valence electrons. The number of hydrogen-bond acceptors (Lipinski definition) is 3. The van der Waals surface area contributed by atoms with Crippen molar-refractivity contribution in [2.45, 2.75) is 6.42 Å². The van der Waals surface area contributed by atoms with E-state index in [1.54, 1.807) is 0 Å². The van der Waals surface area contributed by atoms with Gasteiger partial charge in [-0.3, -0.25) is 0 Å². The highest BCUT2D eigenvalue weighted by Gasteiger charge is 2.18. The highest BCUT2D eigenvalue weighted by molar-refractivity contribution is 5.15. The fraction of sp³-hybridized carbons (Fsp3) is 0.600. The van der Waals surface area contributed by atoms with Crippen molar-refractivity contribution in [2.24, 2.45) is 5.92 Å². The van der Waals surface area contributed by atoms with Crippen molar-refractivity contribution in [2.75, 3.05) is 46.4 Å². The van der Waals surface area contributed by atoms with Gasteiger partial charge in [0.15, 0.2) is 0 Å². The second kappa shape index (κ2) is 6.88. The van der Waals surface area contributed by atoms with E-state index >= 15 is 0 Å². The zero-order chi connectivity index (χ0) is 12.8. The third kappa shape index (κ3) is 4.09. The summed E-state index contributed by atoms with van der Waals surface area (Å²) in [5, 5.41) is 9.53. The van der Waals surface area contributed by atoms with Gasteiger partial charge in [-0.1, -0.05) is 30.3 Å². The molecule has 1 unspecified atom stereocenters. The first-order valence-electron chi connectivity index (χ1n) is 6.83. The van der Waals surface area contributed by atoms with Gasteiger partial charge >= 0.3 is 0 Å². The first kappa shape index (κ1) is 13.5. The molecule has 1 N–H and O–H groups in total. The van der Waals surface area contributed by atoms with Gasteiger partial charge in [0.05, 0.1) is 0 Å². The number of benzene rings is 1. The third-order valence-electron chi connectivity index (χ3n) is 3.74. The van der Waals surface area contributed by atoms with E-state index in [1.165, 1.54) is 5.56 Å². The first-order chi connectivity index (χ1) is 8.78. The molecular weight excluding hydrogens is 224 g/mol. The summed E-state index contributed by atoms with van der Waals surface area (Å²) in [6, 6.07) is 10.5. The second-order valence-corrected chi connectivity index (χ2v) is 5.34. The van der Waals surface area contributed by atoms with Crippen LogP contribution in [0.15, 0.2) is 30.3 Å². The van der Waals surface area contributed by atoms with E-state index in [1.807, 2.05) is 6.07 Å². The van der Waals surface area contributed by atoms with E-state index in [4.69, 9.17) is 0 Å². The maximum atomic E-state index is 9.53. The number of rotatable bonds is 5. The Bertz CT molecular complexity index is 334. The van der Waals surface area contributed by atoms with Gasteiger partial charge in [0, 0.05) is 39.3 Å². The molecule has 0 aromatic heterocycles. The van der Waals surface area contributed by atoms with E-state index in [0.29, 0.717) is 5.92 Å². The largest absolute Gasteiger partial charge is 0.396 e. The Labute approximate surface area is 110 Å². The molecule has 1 fully saturated rings. The number of hydrogen-bond donors (Lipinski definition) is 1. The average Bonchev–Trinajstić information content (AvgIpc) is 2.41. The Morgan fingerprint density at radius 1 is 1.11 bits per heavy atom. The highest BCUT2D eigenvalue weighted by Crippen LogP contribution is 2.11. The van der Waals surface area contributed by atoms with Gasteiger partial charge in [0.25, 0.3) is 0 Å². The molecule has 0 bridgehead atoms. The van der Waals surface area contributed by atoms with E-state index in [-0.39, 0.29) is 6.61 Å². The monoisotopic (exact) mass is 248 g/mol. The Balaban J connectivity index is 1.82. The smallest absolute Gasteiger partial charge is 0.0474 e. The fourth-order valence-corrected chi connectivity index (χ4v) is 2.53. The lowest BCUT2D eigenvalue weighted by molar-refractivity contribution is 0.113. The normalized spacial score (nSPS) is 19.9. The number of aliphatic hydroxyl groups is 1. The van der Waals surface area contributed by atoms with Gasteiger partial charge in [-0.25, -0.2) is 0 Å². The van der Waals surface area contributed by atoms with Gasteiger partial charge in [-0.05, 0) is 24.9 Å². The van der Waals surface area contributed by atoms with Crippen LogP contribution in [-0.4, -0.2) is 61.3 Å². The van der Waals surface area contributed by atoms with Crippen molar-refractivity contribution >= 4 is 0 Å². The fourth-order valence-electron chi connectivity index (χ4n) is 2.53. The van der Waals surface area contributed by atoms with Crippen LogP contribution in [0.3, 0.4) is 0 Å². The Morgan fingerprint density at radius 2 is 1.78 bits per heavy atom. The van der Waals surface area contributed by atoms with Gasteiger partial charge < -0.3 is 14.9 Å². The van der Waals surface area contributed by atoms with Crippen LogP contribution in [0.4, 0.5) is 0 Å². The molecule has 0 amide bonds. The minimum absolute atomic E-state index is 0.279. The summed E-state index contributed by atoms with van der Waals surface area (Å²) in [7, 11) is 2.17. The number of likely N-dealkylation sites (N-methyl/N-ethyl adjacent to an activating group) is 1. The molecule has 0 spiro atoms. The lowest BCUT2D eigenvalue weighted by atomic mass is 9.99. The number of piperazine rings is 1. The maximum absolute atomic E-state index is 9.53. The molecule has 1 aliphatic heterocycles. The Morgan fingerprint density at radius 3 is 2.39 bits per heavy atom. The summed E-state index contributed by atoms with van der Waals surface area (Å²) in [6.45, 7) is 5.83. The third-order valence-corrected chi connectivity index (χ3v) is 3.74. The van der Waals surface area contributed by atoms with Crippen molar-refractivity contribution in [1.29, 1.82) is 0 Å². The first-order valence-corrected chi connectivity index (χ1v) is 6.83. The molecule has 1 heterocycles. The van der Waals surface area contributed by atoms with E-state index in [0.717, 1.165) is 39.1 Å². The molecule has 1 aromatic rings. The van der Waals surface area contributed by atoms with Crippen LogP contribution in [0.2, 0.25) is 0 Å². The summed E-state index contributed by atoms with van der Waals surface area (Å²) in [4.78, 5) is 4.84. The van der Waals surface area contributed by atoms with Gasteiger partial charge in [-0.2, -0.15) is 0 Å². The van der Waals surface area contributed by atoms with Crippen LogP contribution in [0, 0.1) is 5.92 Å². The van der Waals surface area contributed by atoms with Crippen LogP contribution in [0.1, 0.15) is 5.56 Å². The molecule has 1 aliphatic rings. The summed E-state index contributed by atoms with van der Waals surface area (Å²) >= 11 is 0. The molecule has 3 heteroatoms. The minimum atomic E-state index is 0.279. The van der Waals surface area contributed by atoms with Gasteiger partial charge in [0.2, 0.25) is 0 Å². The number of nitrogens with zero attached hydrogens (tertiary/aromatic N) is 2. The summed E-state index contributed by atoms with van der Waals surface area (Å²) in [6.07, 6.45) is 0.976. The Kier molecular flexibility index (Phi) is 5.17. The van der Waals surface area contributed by atoms with Crippen LogP contribution in [-0.2, 0) is 6.42 Å². The van der Waals surface area contributed by atoms with Gasteiger partial charge in [0.1, 0.15) is 0 Å². The van der Waals surface area contributed by atoms with E-state index in [9.17, 15) is 5.11 Å². The molecule has 1 aromatic carbocycles. The predicted octanol–water partition coefficient (Wildman–Crippen LogP) is 1.08. The molecule has 1 atom stereocenters. The molecule has 0 aliphatic carbocycles. The SMILES string of the molecule is CN1CCN(CC(CO)Cc2ccccc2)CC1. The predicted molar refractivity (Wildman–Crippen MR) is 74.7 cm³/mol. The molecule has 2 rings (SSSR count). The van der Waals surface area contributed by atoms with Crippen molar-refractivity contribution in [1.82, 2.24) is 9.80 Å². The summed E-state index contributed by atoms with van der Waals surface area (Å²) in [5.41, 5.74) is 1.32. The quantitative estimate of drug-likeness (QED) is 0.845. The van der Waals surface area contributed by atoms with Crippen LogP contribution < -0.4 is 0 Å². The van der Waals surface area contributed by atoms with Crippen molar-refractivity contribution < 1.29 is 5.11 Å². The molecule has 0 saturated carbocycles. The molecular formula is C15H24N2O. The average molecular weight is 248 g/mol. The number of aliphatic hydroxyl groups excluding tert-OH is 1. The maximum Gasteiger partial charge on any atom is 0.0474 e. The van der Waals surface area contributed by atoms with E-state index < -0.39 is 0 Å². The van der Waals surface area contributed by atoms with Crippen LogP contribution in [0.5, 0.6) is 0 Å². The molecule has 1 saturated heterocycles. The minimum Gasteiger partial charge on any atom is -0.396 e. The van der Waals surface area contributed by atoms with Crippen LogP contribution >= 0.6 is 0 Å². The highest BCUT2D eigenvalue weighted by atomic mass is 16.3. The Hall–Kier alpha value is -0.900. The summed E-state index contributed by atoms with van der Waals surface area (Å²) < 4.78 is 0. The molecule has 3 nitrogen and oxygen atoms in total.